The quantitative estimate of drug-likeness (QED) is 0.500. The molecule has 2 unspecified atom stereocenters. The van der Waals surface area contributed by atoms with Crippen molar-refractivity contribution in [2.75, 3.05) is 32.0 Å². The number of carbonyl (C=O) groups is 2. The summed E-state index contributed by atoms with van der Waals surface area (Å²) in [5, 5.41) is 7.78. The van der Waals surface area contributed by atoms with E-state index < -0.39 is 15.9 Å². The fourth-order valence-corrected chi connectivity index (χ4v) is 8.12. The number of carbonyl (C=O) groups excluding carboxylic acids is 2. The first-order chi connectivity index (χ1) is 18.4. The Morgan fingerprint density at radius 1 is 1.10 bits per heavy atom. The number of anilines is 1. The van der Waals surface area contributed by atoms with Crippen molar-refractivity contribution in [1.29, 1.82) is 0 Å². The monoisotopic (exact) mass is 571 g/mol. The number of thiophene rings is 1. The van der Waals surface area contributed by atoms with E-state index in [0.717, 1.165) is 28.4 Å². The summed E-state index contributed by atoms with van der Waals surface area (Å²) in [5.74, 6) is -0.685. The normalized spacial score (nSPS) is 20.5. The van der Waals surface area contributed by atoms with Gasteiger partial charge in [-0.15, -0.1) is 11.3 Å². The number of nitrogens with zero attached hydrogens (tertiary/aromatic N) is 4. The van der Waals surface area contributed by atoms with E-state index in [4.69, 9.17) is 4.74 Å². The van der Waals surface area contributed by atoms with Crippen LogP contribution in [0, 0.1) is 13.8 Å². The van der Waals surface area contributed by atoms with Crippen molar-refractivity contribution in [2.24, 2.45) is 0 Å². The molecule has 0 saturated carbocycles. The predicted octanol–water partition coefficient (Wildman–Crippen LogP) is 3.29. The number of sulfonamides is 1. The lowest BCUT2D eigenvalue weighted by Crippen LogP contribution is -2.48. The zero-order chi connectivity index (χ0) is 28.1. The summed E-state index contributed by atoms with van der Waals surface area (Å²) in [4.78, 5) is 30.3. The average molecular weight is 572 g/mol. The Kier molecular flexibility index (Phi) is 7.51. The molecular weight excluding hydrogens is 538 g/mol. The number of aromatic nitrogens is 2. The van der Waals surface area contributed by atoms with Crippen molar-refractivity contribution in [1.82, 2.24) is 19.0 Å². The molecule has 3 aromatic rings. The van der Waals surface area contributed by atoms with Crippen molar-refractivity contribution < 1.29 is 22.7 Å². The van der Waals surface area contributed by atoms with Gasteiger partial charge in [-0.2, -0.15) is 9.40 Å². The molecule has 1 N–H and O–H groups in total. The highest BCUT2D eigenvalue weighted by atomic mass is 32.2. The number of likely N-dealkylation sites (N-methyl/N-ethyl adjacent to an activating group) is 1. The Morgan fingerprint density at radius 3 is 2.38 bits per heavy atom. The highest BCUT2D eigenvalue weighted by molar-refractivity contribution is 7.89. The molecule has 1 saturated heterocycles. The molecule has 1 fully saturated rings. The number of aryl methyl sites for hydroxylation is 2. The molecule has 5 rings (SSSR count). The summed E-state index contributed by atoms with van der Waals surface area (Å²) in [5.41, 5.74) is 3.18. The van der Waals surface area contributed by atoms with Gasteiger partial charge >= 0.3 is 0 Å². The second-order valence-corrected chi connectivity index (χ2v) is 13.4. The van der Waals surface area contributed by atoms with Crippen LogP contribution >= 0.6 is 11.3 Å². The standard InChI is InChI=1S/C27H33N5O5S2/c1-16-12-17(2)32(29-16)27(34)24-22-10-11-30(5)15-23(22)38-26(24)28-25(33)20-6-8-21(9-7-20)39(35,36)31-13-18(3)37-19(4)14-31/h6-9,12,18-19H,10-11,13-15H2,1-5H3,(H,28,33). The van der Waals surface area contributed by atoms with Gasteiger partial charge in [-0.3, -0.25) is 9.59 Å². The number of morpholine rings is 1. The van der Waals surface area contributed by atoms with E-state index in [1.54, 1.807) is 0 Å². The third kappa shape index (κ3) is 5.44. The van der Waals surface area contributed by atoms with E-state index in [-0.39, 0.29) is 36.1 Å². The number of fused-ring (bicyclic) bond motifs is 1. The van der Waals surface area contributed by atoms with Gasteiger partial charge < -0.3 is 15.0 Å². The zero-order valence-electron chi connectivity index (χ0n) is 22.7. The van der Waals surface area contributed by atoms with Gasteiger partial charge in [0, 0.05) is 42.3 Å². The van der Waals surface area contributed by atoms with Crippen molar-refractivity contribution >= 4 is 38.2 Å². The molecule has 208 valence electrons. The molecule has 4 heterocycles. The van der Waals surface area contributed by atoms with Gasteiger partial charge in [0.1, 0.15) is 5.00 Å². The fourth-order valence-electron chi connectivity index (χ4n) is 5.22. The van der Waals surface area contributed by atoms with Crippen LogP contribution in [0.5, 0.6) is 0 Å². The van der Waals surface area contributed by atoms with Crippen molar-refractivity contribution in [2.45, 2.75) is 57.8 Å². The molecule has 0 bridgehead atoms. The number of ether oxygens (including phenoxy) is 1. The molecule has 12 heteroatoms. The van der Waals surface area contributed by atoms with Gasteiger partial charge in [-0.1, -0.05) is 0 Å². The number of hydrogen-bond acceptors (Lipinski definition) is 8. The van der Waals surface area contributed by atoms with Gasteiger partial charge in [0.15, 0.2) is 0 Å². The molecule has 10 nitrogen and oxygen atoms in total. The number of hydrogen-bond donors (Lipinski definition) is 1. The topological polar surface area (TPSA) is 114 Å². The van der Waals surface area contributed by atoms with Crippen LogP contribution < -0.4 is 5.32 Å². The molecule has 2 atom stereocenters. The molecule has 0 radical (unpaired) electrons. The van der Waals surface area contributed by atoms with Gasteiger partial charge in [0.2, 0.25) is 10.0 Å². The predicted molar refractivity (Wildman–Crippen MR) is 149 cm³/mol. The molecule has 0 aliphatic carbocycles. The second-order valence-electron chi connectivity index (χ2n) is 10.4. The van der Waals surface area contributed by atoms with Crippen LogP contribution in [0.2, 0.25) is 0 Å². The lowest BCUT2D eigenvalue weighted by molar-refractivity contribution is -0.0440. The maximum atomic E-state index is 13.6. The summed E-state index contributed by atoms with van der Waals surface area (Å²) in [6.45, 7) is 9.42. The summed E-state index contributed by atoms with van der Waals surface area (Å²) in [7, 11) is -1.70. The number of benzene rings is 1. The zero-order valence-corrected chi connectivity index (χ0v) is 24.4. The van der Waals surface area contributed by atoms with Crippen LogP contribution in [0.3, 0.4) is 0 Å². The first-order valence-corrected chi connectivity index (χ1v) is 15.2. The van der Waals surface area contributed by atoms with Crippen molar-refractivity contribution in [3.63, 3.8) is 0 Å². The molecule has 2 aromatic heterocycles. The van der Waals surface area contributed by atoms with E-state index in [2.05, 4.69) is 15.3 Å². The van der Waals surface area contributed by atoms with E-state index >= 15 is 0 Å². The SMILES string of the molecule is Cc1cc(C)n(C(=O)c2c(NC(=O)c3ccc(S(=O)(=O)N4CC(C)OC(C)C4)cc3)sc3c2CCN(C)C3)n1. The van der Waals surface area contributed by atoms with Crippen LogP contribution in [-0.2, 0) is 27.7 Å². The van der Waals surface area contributed by atoms with Crippen LogP contribution in [0.15, 0.2) is 35.2 Å². The highest BCUT2D eigenvalue weighted by Gasteiger charge is 2.33. The number of nitrogens with one attached hydrogen (secondary N) is 1. The number of amides is 1. The van der Waals surface area contributed by atoms with Crippen LogP contribution in [0.25, 0.3) is 0 Å². The second kappa shape index (κ2) is 10.6. The van der Waals surface area contributed by atoms with E-state index in [0.29, 0.717) is 29.1 Å². The first kappa shape index (κ1) is 27.7. The first-order valence-electron chi connectivity index (χ1n) is 12.9. The Labute approximate surface area is 232 Å². The summed E-state index contributed by atoms with van der Waals surface area (Å²) in [6.07, 6.45) is 0.303. The van der Waals surface area contributed by atoms with E-state index in [9.17, 15) is 18.0 Å². The molecule has 39 heavy (non-hydrogen) atoms. The lowest BCUT2D eigenvalue weighted by atomic mass is 10.0. The molecule has 2 aliphatic heterocycles. The van der Waals surface area contributed by atoms with E-state index in [1.807, 2.05) is 40.8 Å². The molecule has 0 spiro atoms. The maximum absolute atomic E-state index is 13.6. The van der Waals surface area contributed by atoms with Crippen molar-refractivity contribution in [3.8, 4) is 0 Å². The summed E-state index contributed by atoms with van der Waals surface area (Å²) >= 11 is 1.40. The molecule has 2 aliphatic rings. The third-order valence-electron chi connectivity index (χ3n) is 7.03. The van der Waals surface area contributed by atoms with Crippen LogP contribution in [-0.4, -0.2) is 78.1 Å². The van der Waals surface area contributed by atoms with Gasteiger partial charge in [-0.25, -0.2) is 13.1 Å². The third-order valence-corrected chi connectivity index (χ3v) is 10.0. The molecular formula is C27H33N5O5S2. The fraction of sp³-hybridized carbons (Fsp3) is 0.444. The maximum Gasteiger partial charge on any atom is 0.281 e. The van der Waals surface area contributed by atoms with Gasteiger partial charge in [-0.05, 0) is 77.1 Å². The van der Waals surface area contributed by atoms with Crippen LogP contribution in [0.4, 0.5) is 5.00 Å². The van der Waals surface area contributed by atoms with Crippen LogP contribution in [0.1, 0.15) is 56.4 Å². The minimum Gasteiger partial charge on any atom is -0.373 e. The highest BCUT2D eigenvalue weighted by Crippen LogP contribution is 2.38. The Balaban J connectivity index is 1.41. The van der Waals surface area contributed by atoms with Crippen molar-refractivity contribution in [3.05, 3.63) is 63.3 Å². The minimum atomic E-state index is -3.72. The lowest BCUT2D eigenvalue weighted by Gasteiger charge is -2.34. The average Bonchev–Trinajstić information content (AvgIpc) is 3.40. The summed E-state index contributed by atoms with van der Waals surface area (Å²) < 4.78 is 34.9. The Morgan fingerprint density at radius 2 is 1.77 bits per heavy atom. The molecule has 1 amide bonds. The largest absolute Gasteiger partial charge is 0.373 e. The summed E-state index contributed by atoms with van der Waals surface area (Å²) in [6, 6.07) is 7.74. The Hall–Kier alpha value is -2.90. The van der Waals surface area contributed by atoms with Gasteiger partial charge in [0.05, 0.1) is 28.4 Å². The minimum absolute atomic E-state index is 0.121. The molecule has 1 aromatic carbocycles. The Bertz CT molecular complexity index is 1520. The van der Waals surface area contributed by atoms with E-state index in [1.165, 1.54) is 44.6 Å². The number of rotatable bonds is 5. The van der Waals surface area contributed by atoms with Gasteiger partial charge in [0.25, 0.3) is 11.8 Å². The smallest absolute Gasteiger partial charge is 0.281 e.